The summed E-state index contributed by atoms with van der Waals surface area (Å²) in [5.74, 6) is 0.898. The predicted octanol–water partition coefficient (Wildman–Crippen LogP) is 3.24. The Hall–Kier alpha value is -3.94. The third-order valence-electron chi connectivity index (χ3n) is 5.07. The molecule has 2 aromatic heterocycles. The molecule has 8 heteroatoms. The van der Waals surface area contributed by atoms with Gasteiger partial charge in [0.1, 0.15) is 17.0 Å². The van der Waals surface area contributed by atoms with Crippen LogP contribution in [0.15, 0.2) is 59.5 Å². The van der Waals surface area contributed by atoms with Crippen LogP contribution in [0.4, 0.5) is 5.69 Å². The largest absolute Gasteiger partial charge is 0.495 e. The maximum absolute atomic E-state index is 13.0. The molecule has 8 nitrogen and oxygen atoms in total. The van der Waals surface area contributed by atoms with Crippen LogP contribution in [-0.2, 0) is 11.3 Å². The van der Waals surface area contributed by atoms with E-state index in [0.29, 0.717) is 28.3 Å². The van der Waals surface area contributed by atoms with E-state index in [4.69, 9.17) is 4.74 Å². The molecule has 1 N–H and O–H groups in total. The third-order valence-corrected chi connectivity index (χ3v) is 5.07. The highest BCUT2D eigenvalue weighted by molar-refractivity contribution is 5.92. The SMILES string of the molecule is COc1ccc(C)cc1NC(=O)CCn1c(C)nc2c(cnn2-c2ccccc2)c1=O. The Bertz CT molecular complexity index is 1310. The summed E-state index contributed by atoms with van der Waals surface area (Å²) in [5.41, 5.74) is 2.72. The highest BCUT2D eigenvalue weighted by atomic mass is 16.5. The highest BCUT2D eigenvalue weighted by Crippen LogP contribution is 2.25. The third kappa shape index (κ3) is 4.05. The summed E-state index contributed by atoms with van der Waals surface area (Å²) in [6.45, 7) is 3.91. The van der Waals surface area contributed by atoms with E-state index in [2.05, 4.69) is 15.4 Å². The second-order valence-corrected chi connectivity index (χ2v) is 7.25. The molecule has 0 unspecified atom stereocenters. The number of aromatic nitrogens is 4. The lowest BCUT2D eigenvalue weighted by Crippen LogP contribution is -2.26. The standard InChI is InChI=1S/C23H23N5O3/c1-15-9-10-20(31-3)19(13-15)26-21(29)11-12-27-16(2)25-22-18(23(27)30)14-24-28(22)17-7-5-4-6-8-17/h4-10,13-14H,11-12H2,1-3H3,(H,26,29). The average molecular weight is 417 g/mol. The molecule has 2 heterocycles. The number of ether oxygens (including phenoxy) is 1. The van der Waals surface area contributed by atoms with Crippen LogP contribution in [0, 0.1) is 13.8 Å². The molecular weight excluding hydrogens is 394 g/mol. The number of benzene rings is 2. The van der Waals surface area contributed by atoms with Crippen molar-refractivity contribution < 1.29 is 9.53 Å². The molecule has 158 valence electrons. The van der Waals surface area contributed by atoms with Gasteiger partial charge in [-0.15, -0.1) is 0 Å². The first-order chi connectivity index (χ1) is 15.0. The Balaban J connectivity index is 1.56. The summed E-state index contributed by atoms with van der Waals surface area (Å²) in [5, 5.41) is 7.60. The van der Waals surface area contributed by atoms with E-state index in [9.17, 15) is 9.59 Å². The molecule has 0 saturated carbocycles. The second-order valence-electron chi connectivity index (χ2n) is 7.25. The zero-order valence-corrected chi connectivity index (χ0v) is 17.6. The highest BCUT2D eigenvalue weighted by Gasteiger charge is 2.15. The Kier molecular flexibility index (Phi) is 5.53. The molecule has 0 spiro atoms. The minimum atomic E-state index is -0.217. The summed E-state index contributed by atoms with van der Waals surface area (Å²) in [6, 6.07) is 15.1. The molecule has 0 bridgehead atoms. The number of hydrogen-bond acceptors (Lipinski definition) is 5. The number of carbonyl (C=O) groups is 1. The average Bonchev–Trinajstić information content (AvgIpc) is 3.18. The zero-order chi connectivity index (χ0) is 22.0. The van der Waals surface area contributed by atoms with Gasteiger partial charge in [0.2, 0.25) is 5.91 Å². The van der Waals surface area contributed by atoms with Gasteiger partial charge in [0.15, 0.2) is 5.65 Å². The van der Waals surface area contributed by atoms with Gasteiger partial charge in [0.05, 0.1) is 24.7 Å². The van der Waals surface area contributed by atoms with Crippen molar-refractivity contribution in [3.63, 3.8) is 0 Å². The van der Waals surface area contributed by atoms with Gasteiger partial charge in [-0.1, -0.05) is 24.3 Å². The van der Waals surface area contributed by atoms with Crippen molar-refractivity contribution in [2.45, 2.75) is 26.8 Å². The first-order valence-corrected chi connectivity index (χ1v) is 9.93. The van der Waals surface area contributed by atoms with E-state index >= 15 is 0 Å². The van der Waals surface area contributed by atoms with Crippen LogP contribution in [0.3, 0.4) is 0 Å². The summed E-state index contributed by atoms with van der Waals surface area (Å²) in [4.78, 5) is 30.1. The van der Waals surface area contributed by atoms with E-state index in [1.54, 1.807) is 18.7 Å². The van der Waals surface area contributed by atoms with E-state index in [-0.39, 0.29) is 24.4 Å². The number of carbonyl (C=O) groups excluding carboxylic acids is 1. The summed E-state index contributed by atoms with van der Waals surface area (Å²) < 4.78 is 8.45. The van der Waals surface area contributed by atoms with Gasteiger partial charge < -0.3 is 10.1 Å². The van der Waals surface area contributed by atoms with E-state index in [0.717, 1.165) is 11.3 Å². The summed E-state index contributed by atoms with van der Waals surface area (Å²) in [6.07, 6.45) is 1.64. The number of fused-ring (bicyclic) bond motifs is 1. The van der Waals surface area contributed by atoms with E-state index < -0.39 is 0 Å². The Morgan fingerprint density at radius 2 is 1.90 bits per heavy atom. The fourth-order valence-electron chi connectivity index (χ4n) is 3.47. The number of hydrogen-bond donors (Lipinski definition) is 1. The topological polar surface area (TPSA) is 91.0 Å². The quantitative estimate of drug-likeness (QED) is 0.520. The van der Waals surface area contributed by atoms with Crippen LogP contribution in [0.5, 0.6) is 5.75 Å². The maximum Gasteiger partial charge on any atom is 0.264 e. The van der Waals surface area contributed by atoms with Crippen LogP contribution in [0.2, 0.25) is 0 Å². The molecule has 31 heavy (non-hydrogen) atoms. The monoisotopic (exact) mass is 417 g/mol. The minimum Gasteiger partial charge on any atom is -0.495 e. The molecule has 4 rings (SSSR count). The van der Waals surface area contributed by atoms with Gasteiger partial charge in [-0.05, 0) is 43.7 Å². The number of nitrogens with one attached hydrogen (secondary N) is 1. The van der Waals surface area contributed by atoms with Gasteiger partial charge in [-0.25, -0.2) is 9.67 Å². The molecule has 4 aromatic rings. The molecular formula is C23H23N5O3. The Morgan fingerprint density at radius 3 is 2.65 bits per heavy atom. The number of amides is 1. The van der Waals surface area contributed by atoms with Gasteiger partial charge in [0, 0.05) is 13.0 Å². The second kappa shape index (κ2) is 8.43. The number of rotatable bonds is 6. The first-order valence-electron chi connectivity index (χ1n) is 9.93. The van der Waals surface area contributed by atoms with E-state index in [1.165, 1.54) is 10.8 Å². The van der Waals surface area contributed by atoms with Crippen molar-refractivity contribution >= 4 is 22.6 Å². The lowest BCUT2D eigenvalue weighted by molar-refractivity contribution is -0.116. The number of anilines is 1. The van der Waals surface area contributed by atoms with Crippen LogP contribution < -0.4 is 15.6 Å². The van der Waals surface area contributed by atoms with Crippen molar-refractivity contribution in [2.24, 2.45) is 0 Å². The fourth-order valence-corrected chi connectivity index (χ4v) is 3.47. The van der Waals surface area contributed by atoms with Crippen molar-refractivity contribution in [3.8, 4) is 11.4 Å². The van der Waals surface area contributed by atoms with Crippen molar-refractivity contribution in [1.82, 2.24) is 19.3 Å². The first kappa shape index (κ1) is 20.3. The van der Waals surface area contributed by atoms with Gasteiger partial charge >= 0.3 is 0 Å². The van der Waals surface area contributed by atoms with Crippen molar-refractivity contribution in [3.05, 3.63) is 76.5 Å². The van der Waals surface area contributed by atoms with Gasteiger partial charge in [-0.3, -0.25) is 14.2 Å². The molecule has 0 fully saturated rings. The van der Waals surface area contributed by atoms with Crippen LogP contribution in [0.25, 0.3) is 16.7 Å². The van der Waals surface area contributed by atoms with Crippen molar-refractivity contribution in [1.29, 1.82) is 0 Å². The normalized spacial score (nSPS) is 10.9. The number of aryl methyl sites for hydroxylation is 2. The number of methoxy groups -OCH3 is 1. The Morgan fingerprint density at radius 1 is 1.13 bits per heavy atom. The fraction of sp³-hybridized carbons (Fsp3) is 0.217. The summed E-state index contributed by atoms with van der Waals surface area (Å²) >= 11 is 0. The molecule has 0 saturated heterocycles. The van der Waals surface area contributed by atoms with E-state index in [1.807, 2.05) is 55.5 Å². The molecule has 2 aromatic carbocycles. The maximum atomic E-state index is 13.0. The van der Waals surface area contributed by atoms with Crippen molar-refractivity contribution in [2.75, 3.05) is 12.4 Å². The minimum absolute atomic E-state index is 0.123. The van der Waals surface area contributed by atoms with Gasteiger partial charge in [0.25, 0.3) is 5.56 Å². The summed E-state index contributed by atoms with van der Waals surface area (Å²) in [7, 11) is 1.56. The van der Waals surface area contributed by atoms with Crippen LogP contribution >= 0.6 is 0 Å². The molecule has 0 aliphatic rings. The lowest BCUT2D eigenvalue weighted by atomic mass is 10.2. The van der Waals surface area contributed by atoms with Gasteiger partial charge in [-0.2, -0.15) is 5.10 Å². The number of nitrogens with zero attached hydrogens (tertiary/aromatic N) is 4. The van der Waals surface area contributed by atoms with Crippen LogP contribution in [0.1, 0.15) is 17.8 Å². The molecule has 0 aliphatic carbocycles. The lowest BCUT2D eigenvalue weighted by Gasteiger charge is -2.12. The smallest absolute Gasteiger partial charge is 0.264 e. The molecule has 0 atom stereocenters. The Labute approximate surface area is 179 Å². The number of para-hydroxylation sites is 1. The zero-order valence-electron chi connectivity index (χ0n) is 17.6. The molecule has 0 radical (unpaired) electrons. The van der Waals surface area contributed by atoms with Crippen LogP contribution in [-0.4, -0.2) is 32.3 Å². The molecule has 0 aliphatic heterocycles. The molecule has 1 amide bonds. The predicted molar refractivity (Wildman–Crippen MR) is 119 cm³/mol.